The van der Waals surface area contributed by atoms with Gasteiger partial charge in [0.25, 0.3) is 0 Å². The molecule has 1 aromatic heterocycles. The highest BCUT2D eigenvalue weighted by Gasteiger charge is 2.11. The van der Waals surface area contributed by atoms with Crippen LogP contribution >= 0.6 is 0 Å². The molecular weight excluding hydrogens is 236 g/mol. The van der Waals surface area contributed by atoms with Gasteiger partial charge in [0, 0.05) is 12.7 Å². The lowest BCUT2D eigenvalue weighted by atomic mass is 10.2. The molecule has 18 heavy (non-hydrogen) atoms. The molecule has 5 heteroatoms. The Bertz CT molecular complexity index is 549. The van der Waals surface area contributed by atoms with E-state index in [2.05, 4.69) is 10.3 Å². The quantitative estimate of drug-likeness (QED) is 0.904. The van der Waals surface area contributed by atoms with Crippen molar-refractivity contribution in [3.05, 3.63) is 47.5 Å². The Labute approximate surface area is 104 Å². The number of anilines is 1. The number of imidazole rings is 1. The van der Waals surface area contributed by atoms with Gasteiger partial charge in [-0.2, -0.15) is 0 Å². The van der Waals surface area contributed by atoms with Crippen molar-refractivity contribution in [2.75, 3.05) is 5.32 Å². The first-order valence-electron chi connectivity index (χ1n) is 5.81. The van der Waals surface area contributed by atoms with Crippen molar-refractivity contribution < 1.29 is 8.78 Å². The number of aryl methyl sites for hydroxylation is 2. The fourth-order valence-corrected chi connectivity index (χ4v) is 1.78. The molecule has 96 valence electrons. The molecular formula is C13H15F2N3. The minimum atomic E-state index is -0.583. The third-order valence-electron chi connectivity index (χ3n) is 2.87. The normalized spacial score (nSPS) is 10.7. The van der Waals surface area contributed by atoms with Crippen LogP contribution in [0.1, 0.15) is 18.2 Å². The Morgan fingerprint density at radius 1 is 1.33 bits per heavy atom. The molecule has 0 spiro atoms. The number of rotatable bonds is 4. The van der Waals surface area contributed by atoms with E-state index in [4.69, 9.17) is 0 Å². The van der Waals surface area contributed by atoms with Crippen LogP contribution in [0.4, 0.5) is 14.5 Å². The molecule has 0 amide bonds. The molecule has 0 unspecified atom stereocenters. The van der Waals surface area contributed by atoms with Crippen LogP contribution in [0.25, 0.3) is 0 Å². The van der Waals surface area contributed by atoms with Gasteiger partial charge in [-0.05, 0) is 25.5 Å². The van der Waals surface area contributed by atoms with Gasteiger partial charge in [0.15, 0.2) is 5.82 Å². The number of halogens is 2. The number of nitrogens with one attached hydrogen (secondary N) is 1. The van der Waals surface area contributed by atoms with Crippen LogP contribution in [-0.4, -0.2) is 9.55 Å². The molecule has 3 nitrogen and oxygen atoms in total. The lowest BCUT2D eigenvalue weighted by molar-refractivity contribution is 0.581. The van der Waals surface area contributed by atoms with Crippen LogP contribution < -0.4 is 5.32 Å². The zero-order chi connectivity index (χ0) is 13.1. The Hall–Kier alpha value is -1.91. The van der Waals surface area contributed by atoms with Crippen LogP contribution in [0.15, 0.2) is 24.7 Å². The largest absolute Gasteiger partial charge is 0.375 e. The minimum Gasteiger partial charge on any atom is -0.375 e. The SMILES string of the molecule is CCn1cncc1CNc1c(F)ccc(C)c1F. The topological polar surface area (TPSA) is 29.9 Å². The first-order chi connectivity index (χ1) is 8.63. The van der Waals surface area contributed by atoms with E-state index in [0.717, 1.165) is 12.2 Å². The van der Waals surface area contributed by atoms with Crippen molar-refractivity contribution in [3.63, 3.8) is 0 Å². The van der Waals surface area contributed by atoms with E-state index in [-0.39, 0.29) is 5.69 Å². The molecule has 1 heterocycles. The molecule has 0 bridgehead atoms. The number of hydrogen-bond acceptors (Lipinski definition) is 2. The van der Waals surface area contributed by atoms with Crippen LogP contribution in [-0.2, 0) is 13.1 Å². The monoisotopic (exact) mass is 251 g/mol. The Morgan fingerprint density at radius 2 is 2.11 bits per heavy atom. The second-order valence-corrected chi connectivity index (χ2v) is 4.08. The smallest absolute Gasteiger partial charge is 0.152 e. The molecule has 0 saturated carbocycles. The van der Waals surface area contributed by atoms with Crippen molar-refractivity contribution in [3.8, 4) is 0 Å². The van der Waals surface area contributed by atoms with Gasteiger partial charge < -0.3 is 9.88 Å². The molecule has 0 radical (unpaired) electrons. The van der Waals surface area contributed by atoms with Gasteiger partial charge in [-0.25, -0.2) is 13.8 Å². The molecule has 2 rings (SSSR count). The van der Waals surface area contributed by atoms with Gasteiger partial charge in [-0.15, -0.1) is 0 Å². The van der Waals surface area contributed by atoms with E-state index < -0.39 is 11.6 Å². The van der Waals surface area contributed by atoms with Gasteiger partial charge in [0.2, 0.25) is 0 Å². The lowest BCUT2D eigenvalue weighted by Gasteiger charge is -2.11. The van der Waals surface area contributed by atoms with Crippen LogP contribution in [0.2, 0.25) is 0 Å². The minimum absolute atomic E-state index is 0.0844. The van der Waals surface area contributed by atoms with Gasteiger partial charge in [0.1, 0.15) is 11.5 Å². The molecule has 1 aromatic carbocycles. The first kappa shape index (κ1) is 12.5. The van der Waals surface area contributed by atoms with E-state index in [1.54, 1.807) is 19.4 Å². The van der Waals surface area contributed by atoms with Crippen molar-refractivity contribution in [1.29, 1.82) is 0 Å². The van der Waals surface area contributed by atoms with Gasteiger partial charge in [-0.3, -0.25) is 0 Å². The van der Waals surface area contributed by atoms with Crippen molar-refractivity contribution in [2.24, 2.45) is 0 Å². The number of benzene rings is 1. The molecule has 0 aliphatic rings. The Balaban J connectivity index is 2.18. The highest BCUT2D eigenvalue weighted by atomic mass is 19.1. The second-order valence-electron chi connectivity index (χ2n) is 4.08. The summed E-state index contributed by atoms with van der Waals surface area (Å²) in [5.74, 6) is -1.13. The zero-order valence-electron chi connectivity index (χ0n) is 10.4. The third-order valence-corrected chi connectivity index (χ3v) is 2.87. The van der Waals surface area contributed by atoms with Crippen molar-refractivity contribution >= 4 is 5.69 Å². The summed E-state index contributed by atoms with van der Waals surface area (Å²) >= 11 is 0. The maximum absolute atomic E-state index is 13.7. The Morgan fingerprint density at radius 3 is 2.83 bits per heavy atom. The first-order valence-corrected chi connectivity index (χ1v) is 5.81. The molecule has 0 saturated heterocycles. The predicted octanol–water partition coefficient (Wildman–Crippen LogP) is 3.10. The summed E-state index contributed by atoms with van der Waals surface area (Å²) in [4.78, 5) is 4.00. The maximum Gasteiger partial charge on any atom is 0.152 e. The standard InChI is InChI=1S/C13H15F2N3/c1-3-18-8-16-6-10(18)7-17-13-11(14)5-4-9(2)12(13)15/h4-6,8,17H,3,7H2,1-2H3. The molecule has 2 aromatic rings. The van der Waals surface area contributed by atoms with Gasteiger partial charge in [-0.1, -0.05) is 6.07 Å². The van der Waals surface area contributed by atoms with E-state index in [1.165, 1.54) is 12.1 Å². The summed E-state index contributed by atoms with van der Waals surface area (Å²) in [5.41, 5.74) is 1.22. The molecule has 0 aliphatic carbocycles. The van der Waals surface area contributed by atoms with Crippen molar-refractivity contribution in [1.82, 2.24) is 9.55 Å². The van der Waals surface area contributed by atoms with Crippen LogP contribution in [0, 0.1) is 18.6 Å². The maximum atomic E-state index is 13.7. The van der Waals surface area contributed by atoms with Crippen LogP contribution in [0.5, 0.6) is 0 Å². The zero-order valence-corrected chi connectivity index (χ0v) is 10.4. The summed E-state index contributed by atoms with van der Waals surface area (Å²) in [6.45, 7) is 4.70. The summed E-state index contributed by atoms with van der Waals surface area (Å²) in [6.07, 6.45) is 3.38. The van der Waals surface area contributed by atoms with E-state index in [1.807, 2.05) is 11.5 Å². The van der Waals surface area contributed by atoms with E-state index >= 15 is 0 Å². The summed E-state index contributed by atoms with van der Waals surface area (Å²) in [5, 5.41) is 2.79. The molecule has 0 fully saturated rings. The highest BCUT2D eigenvalue weighted by Crippen LogP contribution is 2.22. The van der Waals surface area contributed by atoms with Gasteiger partial charge in [0.05, 0.1) is 18.6 Å². The average Bonchev–Trinajstić information content (AvgIpc) is 2.81. The number of hydrogen-bond donors (Lipinski definition) is 1. The summed E-state index contributed by atoms with van der Waals surface area (Å²) in [6, 6.07) is 2.68. The predicted molar refractivity (Wildman–Crippen MR) is 66.3 cm³/mol. The molecule has 0 aliphatic heterocycles. The summed E-state index contributed by atoms with van der Waals surface area (Å²) < 4.78 is 29.2. The molecule has 1 N–H and O–H groups in total. The fraction of sp³-hybridized carbons (Fsp3) is 0.308. The van der Waals surface area contributed by atoms with Gasteiger partial charge >= 0.3 is 0 Å². The second kappa shape index (κ2) is 5.16. The van der Waals surface area contributed by atoms with E-state index in [9.17, 15) is 8.78 Å². The number of aromatic nitrogens is 2. The lowest BCUT2D eigenvalue weighted by Crippen LogP contribution is -2.08. The highest BCUT2D eigenvalue weighted by molar-refractivity contribution is 5.49. The summed E-state index contributed by atoms with van der Waals surface area (Å²) in [7, 11) is 0. The Kier molecular flexibility index (Phi) is 3.60. The average molecular weight is 251 g/mol. The number of nitrogens with zero attached hydrogens (tertiary/aromatic N) is 2. The van der Waals surface area contributed by atoms with Crippen molar-refractivity contribution in [2.45, 2.75) is 26.9 Å². The van der Waals surface area contributed by atoms with Crippen LogP contribution in [0.3, 0.4) is 0 Å². The van der Waals surface area contributed by atoms with E-state index in [0.29, 0.717) is 12.1 Å². The molecule has 0 atom stereocenters. The third kappa shape index (κ3) is 2.34. The fourth-order valence-electron chi connectivity index (χ4n) is 1.78.